The van der Waals surface area contributed by atoms with Crippen LogP contribution in [0.5, 0.6) is 0 Å². The van der Waals surface area contributed by atoms with Crippen molar-refractivity contribution in [2.24, 2.45) is 16.8 Å². The van der Waals surface area contributed by atoms with Crippen LogP contribution in [0.15, 0.2) is 5.10 Å². The van der Waals surface area contributed by atoms with E-state index in [2.05, 4.69) is 22.7 Å². The van der Waals surface area contributed by atoms with Gasteiger partial charge < -0.3 is 5.73 Å². The minimum absolute atomic E-state index is 0.0457. The zero-order chi connectivity index (χ0) is 9.68. The number of Topliss-reactive ketones (excluding diaryl/α,β-unsaturated/α-hetero) is 1. The molecular formula is C8H13N3OS. The number of hydrazone groups is 1. The molecule has 1 fully saturated rings. The third-order valence-electron chi connectivity index (χ3n) is 2.03. The van der Waals surface area contributed by atoms with Gasteiger partial charge in [0.2, 0.25) is 0 Å². The average Bonchev–Trinajstić information content (AvgIpc) is 2.08. The molecule has 4 nitrogen and oxygen atoms in total. The summed E-state index contributed by atoms with van der Waals surface area (Å²) in [5, 5.41) is 3.91. The summed E-state index contributed by atoms with van der Waals surface area (Å²) in [6.07, 6.45) is 5.26. The molecule has 0 saturated heterocycles. The highest BCUT2D eigenvalue weighted by molar-refractivity contribution is 7.80. The minimum Gasteiger partial charge on any atom is -0.375 e. The summed E-state index contributed by atoms with van der Waals surface area (Å²) in [6, 6.07) is 0. The SMILES string of the molecule is NC(=S)N/N=C\[C@H]1CCCCC1=O. The highest BCUT2D eigenvalue weighted by atomic mass is 32.1. The highest BCUT2D eigenvalue weighted by Gasteiger charge is 2.19. The minimum atomic E-state index is -0.0457. The normalized spacial score (nSPS) is 23.4. The van der Waals surface area contributed by atoms with Gasteiger partial charge in [-0.25, -0.2) is 0 Å². The zero-order valence-electron chi connectivity index (χ0n) is 7.32. The Labute approximate surface area is 82.6 Å². The van der Waals surface area contributed by atoms with Gasteiger partial charge >= 0.3 is 0 Å². The Morgan fingerprint density at radius 3 is 3.08 bits per heavy atom. The molecule has 72 valence electrons. The number of carbonyl (C=O) groups is 1. The first-order chi connectivity index (χ1) is 6.20. The molecule has 0 heterocycles. The summed E-state index contributed by atoms with van der Waals surface area (Å²) in [6.45, 7) is 0. The van der Waals surface area contributed by atoms with E-state index in [9.17, 15) is 4.79 Å². The largest absolute Gasteiger partial charge is 0.375 e. The van der Waals surface area contributed by atoms with Gasteiger partial charge in [-0.05, 0) is 25.1 Å². The number of rotatable bonds is 2. The van der Waals surface area contributed by atoms with Crippen molar-refractivity contribution in [2.45, 2.75) is 25.7 Å². The molecule has 0 amide bonds. The van der Waals surface area contributed by atoms with Crippen molar-refractivity contribution in [2.75, 3.05) is 0 Å². The van der Waals surface area contributed by atoms with Crippen LogP contribution in [0.3, 0.4) is 0 Å². The summed E-state index contributed by atoms with van der Waals surface area (Å²) >= 11 is 4.56. The van der Waals surface area contributed by atoms with E-state index in [4.69, 9.17) is 5.73 Å². The Bertz CT molecular complexity index is 240. The Balaban J connectivity index is 2.37. The maximum Gasteiger partial charge on any atom is 0.184 e. The van der Waals surface area contributed by atoms with Crippen molar-refractivity contribution in [3.05, 3.63) is 0 Å². The fraction of sp³-hybridized carbons (Fsp3) is 0.625. The van der Waals surface area contributed by atoms with E-state index in [1.165, 1.54) is 0 Å². The fourth-order valence-corrected chi connectivity index (χ4v) is 1.41. The van der Waals surface area contributed by atoms with E-state index < -0.39 is 0 Å². The molecule has 0 aromatic carbocycles. The second kappa shape index (κ2) is 4.91. The lowest BCUT2D eigenvalue weighted by Gasteiger charge is -2.15. The maximum atomic E-state index is 11.3. The van der Waals surface area contributed by atoms with E-state index in [-0.39, 0.29) is 16.8 Å². The molecule has 0 spiro atoms. The van der Waals surface area contributed by atoms with Crippen LogP contribution in [-0.4, -0.2) is 17.1 Å². The topological polar surface area (TPSA) is 67.5 Å². The Morgan fingerprint density at radius 2 is 2.46 bits per heavy atom. The van der Waals surface area contributed by atoms with Gasteiger partial charge in [0, 0.05) is 12.6 Å². The molecule has 5 heteroatoms. The summed E-state index contributed by atoms with van der Waals surface area (Å²) in [4.78, 5) is 11.3. The number of thiocarbonyl (C=S) groups is 1. The first kappa shape index (κ1) is 10.1. The second-order valence-electron chi connectivity index (χ2n) is 3.07. The molecule has 3 N–H and O–H groups in total. The average molecular weight is 199 g/mol. The molecule has 1 atom stereocenters. The highest BCUT2D eigenvalue weighted by Crippen LogP contribution is 2.18. The molecule has 0 bridgehead atoms. The van der Waals surface area contributed by atoms with Crippen molar-refractivity contribution < 1.29 is 4.79 Å². The molecule has 0 unspecified atom stereocenters. The lowest BCUT2D eigenvalue weighted by molar-refractivity contribution is -0.122. The van der Waals surface area contributed by atoms with Crippen molar-refractivity contribution in [3.63, 3.8) is 0 Å². The number of carbonyl (C=O) groups excluding carboxylic acids is 1. The van der Waals surface area contributed by atoms with Gasteiger partial charge in [0.05, 0.1) is 5.92 Å². The molecule has 0 aromatic rings. The number of nitrogens with zero attached hydrogens (tertiary/aromatic N) is 1. The van der Waals surface area contributed by atoms with Gasteiger partial charge in [0.15, 0.2) is 5.11 Å². The zero-order valence-corrected chi connectivity index (χ0v) is 8.14. The molecule has 1 aliphatic carbocycles. The van der Waals surface area contributed by atoms with E-state index in [1.807, 2.05) is 0 Å². The van der Waals surface area contributed by atoms with Crippen LogP contribution in [0.25, 0.3) is 0 Å². The van der Waals surface area contributed by atoms with Gasteiger partial charge in [-0.2, -0.15) is 5.10 Å². The number of ketones is 1. The first-order valence-electron chi connectivity index (χ1n) is 4.31. The van der Waals surface area contributed by atoms with Crippen LogP contribution in [0.2, 0.25) is 0 Å². The Hall–Kier alpha value is -0.970. The summed E-state index contributed by atoms with van der Waals surface area (Å²) in [7, 11) is 0. The molecular weight excluding hydrogens is 186 g/mol. The third kappa shape index (κ3) is 3.50. The fourth-order valence-electron chi connectivity index (χ4n) is 1.36. The smallest absolute Gasteiger partial charge is 0.184 e. The summed E-state index contributed by atoms with van der Waals surface area (Å²) in [5.41, 5.74) is 7.60. The van der Waals surface area contributed by atoms with Crippen LogP contribution in [0.4, 0.5) is 0 Å². The van der Waals surface area contributed by atoms with Gasteiger partial charge in [-0.3, -0.25) is 10.2 Å². The van der Waals surface area contributed by atoms with Crippen LogP contribution in [-0.2, 0) is 4.79 Å². The molecule has 1 saturated carbocycles. The molecule has 0 aliphatic heterocycles. The lowest BCUT2D eigenvalue weighted by Crippen LogP contribution is -2.26. The summed E-state index contributed by atoms with van der Waals surface area (Å²) in [5.74, 6) is 0.218. The monoisotopic (exact) mass is 199 g/mol. The quantitative estimate of drug-likeness (QED) is 0.387. The van der Waals surface area contributed by atoms with E-state index in [1.54, 1.807) is 6.21 Å². The number of nitrogens with one attached hydrogen (secondary N) is 1. The number of nitrogens with two attached hydrogens (primary N) is 1. The molecule has 1 aliphatic rings. The van der Waals surface area contributed by atoms with Gasteiger partial charge in [0.1, 0.15) is 5.78 Å². The van der Waals surface area contributed by atoms with Gasteiger partial charge in [-0.15, -0.1) is 0 Å². The van der Waals surface area contributed by atoms with Crippen molar-refractivity contribution in [1.29, 1.82) is 0 Å². The molecule has 0 aromatic heterocycles. The van der Waals surface area contributed by atoms with Crippen molar-refractivity contribution in [1.82, 2.24) is 5.43 Å². The van der Waals surface area contributed by atoms with Crippen molar-refractivity contribution in [3.8, 4) is 0 Å². The number of hydrogen-bond donors (Lipinski definition) is 2. The number of hydrogen-bond acceptors (Lipinski definition) is 3. The Morgan fingerprint density at radius 1 is 1.69 bits per heavy atom. The van der Waals surface area contributed by atoms with Crippen molar-refractivity contribution >= 4 is 29.3 Å². The predicted molar refractivity (Wildman–Crippen MR) is 55.4 cm³/mol. The predicted octanol–water partition coefficient (Wildman–Crippen LogP) is 0.565. The van der Waals surface area contributed by atoms with Crippen LogP contribution < -0.4 is 11.2 Å². The van der Waals surface area contributed by atoms with E-state index >= 15 is 0 Å². The molecule has 0 radical (unpaired) electrons. The first-order valence-corrected chi connectivity index (χ1v) is 4.72. The molecule has 1 rings (SSSR count). The third-order valence-corrected chi connectivity index (χ3v) is 2.12. The van der Waals surface area contributed by atoms with Crippen LogP contribution in [0.1, 0.15) is 25.7 Å². The maximum absolute atomic E-state index is 11.3. The van der Waals surface area contributed by atoms with Crippen LogP contribution in [0, 0.1) is 5.92 Å². The molecule has 13 heavy (non-hydrogen) atoms. The van der Waals surface area contributed by atoms with Gasteiger partial charge in [0.25, 0.3) is 0 Å². The Kier molecular flexibility index (Phi) is 3.82. The van der Waals surface area contributed by atoms with E-state index in [0.29, 0.717) is 6.42 Å². The summed E-state index contributed by atoms with van der Waals surface area (Å²) < 4.78 is 0. The van der Waals surface area contributed by atoms with Crippen LogP contribution >= 0.6 is 12.2 Å². The van der Waals surface area contributed by atoms with Gasteiger partial charge in [-0.1, -0.05) is 6.42 Å². The second-order valence-corrected chi connectivity index (χ2v) is 3.51. The standard InChI is InChI=1S/C8H13N3OS/c9-8(13)11-10-5-6-3-1-2-4-7(6)12/h5-6H,1-4H2,(H3,9,11,13)/b10-5-/t6-/m1/s1. The lowest BCUT2D eigenvalue weighted by atomic mass is 9.89. The van der Waals surface area contributed by atoms with E-state index in [0.717, 1.165) is 19.3 Å².